The lowest BCUT2D eigenvalue weighted by molar-refractivity contribution is -0.0929. The van der Waals surface area contributed by atoms with E-state index < -0.39 is 19.5 Å². The van der Waals surface area contributed by atoms with Crippen LogP contribution >= 0.6 is 0 Å². The first-order chi connectivity index (χ1) is 11.3. The average Bonchev–Trinajstić information content (AvgIpc) is 2.57. The first kappa shape index (κ1) is 23.2. The predicted molar refractivity (Wildman–Crippen MR) is 96.3 cm³/mol. The van der Waals surface area contributed by atoms with Crippen molar-refractivity contribution < 1.29 is 27.8 Å². The largest absolute Gasteiger partial charge is 0.398 e. The molecule has 0 aliphatic heterocycles. The zero-order valence-electron chi connectivity index (χ0n) is 15.2. The van der Waals surface area contributed by atoms with E-state index in [0.717, 1.165) is 38.0 Å². The van der Waals surface area contributed by atoms with Crippen molar-refractivity contribution in [3.63, 3.8) is 0 Å². The summed E-state index contributed by atoms with van der Waals surface area (Å²) in [5.74, 6) is 0. The van der Waals surface area contributed by atoms with E-state index in [2.05, 4.69) is 5.32 Å². The molecular weight excluding hydrogens is 334 g/mol. The second-order valence-electron chi connectivity index (χ2n) is 5.15. The van der Waals surface area contributed by atoms with Gasteiger partial charge < -0.3 is 33.1 Å². The lowest BCUT2D eigenvalue weighted by Crippen LogP contribution is -2.24. The maximum absolute atomic E-state index is 5.68. The van der Waals surface area contributed by atoms with Crippen LogP contribution < -0.4 is 5.32 Å². The van der Waals surface area contributed by atoms with Crippen LogP contribution in [-0.2, 0) is 27.8 Å². The van der Waals surface area contributed by atoms with Gasteiger partial charge in [0.1, 0.15) is 0 Å². The highest BCUT2D eigenvalue weighted by Gasteiger charge is 2.06. The van der Waals surface area contributed by atoms with E-state index in [1.54, 1.807) is 28.4 Å². The molecule has 23 heavy (non-hydrogen) atoms. The molecule has 2 unspecified atom stereocenters. The quantitative estimate of drug-likeness (QED) is 0.201. The zero-order valence-corrected chi connectivity index (χ0v) is 18.0. The summed E-state index contributed by atoms with van der Waals surface area (Å²) < 4.78 is 31.7. The maximum Gasteiger partial charge on any atom is 0.170 e. The highest BCUT2D eigenvalue weighted by atomic mass is 28.2. The normalized spacial score (nSPS) is 15.1. The molecule has 0 aliphatic rings. The van der Waals surface area contributed by atoms with Gasteiger partial charge in [-0.25, -0.2) is 0 Å². The van der Waals surface area contributed by atoms with Crippen molar-refractivity contribution in [2.75, 3.05) is 54.7 Å². The van der Waals surface area contributed by atoms with Crippen LogP contribution in [0.25, 0.3) is 0 Å². The minimum atomic E-state index is -0.516. The van der Waals surface area contributed by atoms with Crippen molar-refractivity contribution in [2.24, 2.45) is 0 Å². The fraction of sp³-hybridized carbons (Fsp3) is 1.00. The lowest BCUT2D eigenvalue weighted by atomic mass is 10.4. The molecule has 0 bridgehead atoms. The highest BCUT2D eigenvalue weighted by molar-refractivity contribution is 6.27. The molecule has 0 radical (unpaired) electrons. The Labute approximate surface area is 145 Å². The molecule has 0 aromatic rings. The molecule has 9 heteroatoms. The summed E-state index contributed by atoms with van der Waals surface area (Å²) in [6.45, 7) is 3.10. The number of methoxy groups -OCH3 is 4. The molecule has 1 N–H and O–H groups in total. The summed E-state index contributed by atoms with van der Waals surface area (Å²) in [6.07, 6.45) is 1.92. The second-order valence-corrected chi connectivity index (χ2v) is 8.04. The minimum absolute atomic E-state index is 0.196. The summed E-state index contributed by atoms with van der Waals surface area (Å²) in [5, 5.41) is 3.46. The minimum Gasteiger partial charge on any atom is -0.398 e. The molecule has 0 spiro atoms. The molecule has 0 aliphatic carbocycles. The number of rotatable bonds is 18. The third-order valence-corrected chi connectivity index (χ3v) is 6.03. The van der Waals surface area contributed by atoms with E-state index in [9.17, 15) is 0 Å². The molecule has 0 heterocycles. The van der Waals surface area contributed by atoms with Gasteiger partial charge in [0.25, 0.3) is 0 Å². The summed E-state index contributed by atoms with van der Waals surface area (Å²) in [6, 6.07) is 2.31. The van der Waals surface area contributed by atoms with Gasteiger partial charge in [0, 0.05) is 28.4 Å². The van der Waals surface area contributed by atoms with Crippen LogP contribution in [0.4, 0.5) is 0 Å². The molecule has 0 aromatic heterocycles. The Morgan fingerprint density at radius 3 is 1.52 bits per heavy atom. The molecule has 0 rings (SSSR count). The fourth-order valence-corrected chi connectivity index (χ4v) is 4.13. The predicted octanol–water partition coefficient (Wildman–Crippen LogP) is -0.369. The maximum atomic E-state index is 5.68. The molecule has 0 saturated carbocycles. The topological polar surface area (TPSA) is 67.4 Å². The van der Waals surface area contributed by atoms with Crippen molar-refractivity contribution in [1.82, 2.24) is 5.32 Å². The molecule has 140 valence electrons. The van der Waals surface area contributed by atoms with Crippen LogP contribution in [-0.4, -0.2) is 86.8 Å². The van der Waals surface area contributed by atoms with Crippen LogP contribution in [0.15, 0.2) is 0 Å². The third-order valence-electron chi connectivity index (χ3n) is 3.23. The van der Waals surface area contributed by atoms with E-state index in [0.29, 0.717) is 13.2 Å². The van der Waals surface area contributed by atoms with Crippen LogP contribution in [0, 0.1) is 0 Å². The Kier molecular flexibility index (Phi) is 18.6. The van der Waals surface area contributed by atoms with Gasteiger partial charge in [0.15, 0.2) is 32.1 Å². The monoisotopic (exact) mass is 369 g/mol. The molecule has 2 atom stereocenters. The van der Waals surface area contributed by atoms with E-state index in [1.165, 1.54) is 0 Å². The Bertz CT molecular complexity index is 219. The van der Waals surface area contributed by atoms with Crippen LogP contribution in [0.2, 0.25) is 12.1 Å². The van der Waals surface area contributed by atoms with Gasteiger partial charge in [0.2, 0.25) is 0 Å². The summed E-state index contributed by atoms with van der Waals surface area (Å²) >= 11 is 0. The summed E-state index contributed by atoms with van der Waals surface area (Å²) in [4.78, 5) is 0. The lowest BCUT2D eigenvalue weighted by Gasteiger charge is -2.15. The number of ether oxygens (including phenoxy) is 4. The van der Waals surface area contributed by atoms with Crippen LogP contribution in [0.3, 0.4) is 0 Å². The smallest absolute Gasteiger partial charge is 0.170 e. The summed E-state index contributed by atoms with van der Waals surface area (Å²) in [5.41, 5.74) is 0. The first-order valence-electron chi connectivity index (χ1n) is 8.25. The SMILES string of the molecule is COCC(OC)O[SiH2]CCCNCCC[SiH2]OC(COC)OC. The standard InChI is InChI=1S/C14H35NO6Si2/c1-16-11-13(18-3)20-22-9-5-7-15-8-6-10-23-21-14(19-4)12-17-2/h13-15H,5-12,22-23H2,1-4H3. The molecule has 7 nitrogen and oxygen atoms in total. The molecular formula is C14H35NO6Si2. The van der Waals surface area contributed by atoms with E-state index in [1.807, 2.05) is 0 Å². The first-order valence-corrected chi connectivity index (χ1v) is 11.4. The van der Waals surface area contributed by atoms with Gasteiger partial charge in [-0.15, -0.1) is 0 Å². The average molecular weight is 370 g/mol. The molecule has 0 amide bonds. The molecule has 0 aromatic carbocycles. The van der Waals surface area contributed by atoms with Gasteiger partial charge in [-0.1, -0.05) is 0 Å². The number of nitrogens with one attached hydrogen (secondary N) is 1. The summed E-state index contributed by atoms with van der Waals surface area (Å²) in [7, 11) is 5.58. The fourth-order valence-electron chi connectivity index (χ4n) is 1.90. The van der Waals surface area contributed by atoms with Crippen LogP contribution in [0.1, 0.15) is 12.8 Å². The highest BCUT2D eigenvalue weighted by Crippen LogP contribution is 1.98. The number of hydrogen-bond donors (Lipinski definition) is 1. The molecule has 0 saturated heterocycles. The second kappa shape index (κ2) is 18.5. The van der Waals surface area contributed by atoms with Crippen molar-refractivity contribution >= 4 is 19.5 Å². The zero-order chi connectivity index (χ0) is 17.2. The van der Waals surface area contributed by atoms with Crippen molar-refractivity contribution in [3.8, 4) is 0 Å². The molecule has 0 fully saturated rings. The Hall–Kier alpha value is 0.154. The van der Waals surface area contributed by atoms with Gasteiger partial charge >= 0.3 is 0 Å². The van der Waals surface area contributed by atoms with Crippen molar-refractivity contribution in [3.05, 3.63) is 0 Å². The van der Waals surface area contributed by atoms with Crippen LogP contribution in [0.5, 0.6) is 0 Å². The number of hydrogen-bond acceptors (Lipinski definition) is 7. The van der Waals surface area contributed by atoms with Crippen molar-refractivity contribution in [1.29, 1.82) is 0 Å². The van der Waals surface area contributed by atoms with Crippen molar-refractivity contribution in [2.45, 2.75) is 37.5 Å². The van der Waals surface area contributed by atoms with Gasteiger partial charge in [-0.05, 0) is 38.0 Å². The van der Waals surface area contributed by atoms with E-state index >= 15 is 0 Å². The Morgan fingerprint density at radius 2 is 1.17 bits per heavy atom. The van der Waals surface area contributed by atoms with Gasteiger partial charge in [-0.2, -0.15) is 0 Å². The van der Waals surface area contributed by atoms with Gasteiger partial charge in [-0.3, -0.25) is 0 Å². The van der Waals surface area contributed by atoms with E-state index in [4.69, 9.17) is 27.8 Å². The van der Waals surface area contributed by atoms with Gasteiger partial charge in [0.05, 0.1) is 13.2 Å². The Balaban J connectivity index is 3.24. The third kappa shape index (κ3) is 15.4. The Morgan fingerprint density at radius 1 is 0.739 bits per heavy atom. The van der Waals surface area contributed by atoms with E-state index in [-0.39, 0.29) is 12.6 Å².